The van der Waals surface area contributed by atoms with Crippen molar-refractivity contribution in [3.63, 3.8) is 0 Å². The van der Waals surface area contributed by atoms with Crippen LogP contribution in [0.4, 0.5) is 5.69 Å². The molecule has 4 nitrogen and oxygen atoms in total. The molecule has 1 aromatic carbocycles. The highest BCUT2D eigenvalue weighted by Gasteiger charge is 2.16. The lowest BCUT2D eigenvalue weighted by Gasteiger charge is -2.19. The molecule has 0 saturated heterocycles. The molecule has 98 valence electrons. The topological polar surface area (TPSA) is 42.4 Å². The van der Waals surface area contributed by atoms with Gasteiger partial charge in [0.2, 0.25) is 0 Å². The SMILES string of the molecule is COc1ccccc1N(C)C(=O)c1ccnc(Br)c1. The van der Waals surface area contributed by atoms with Crippen molar-refractivity contribution in [1.82, 2.24) is 4.98 Å². The van der Waals surface area contributed by atoms with Crippen LogP contribution in [0.2, 0.25) is 0 Å². The van der Waals surface area contributed by atoms with Crippen LogP contribution in [0.25, 0.3) is 0 Å². The molecule has 0 unspecified atom stereocenters. The number of anilines is 1. The van der Waals surface area contributed by atoms with Crippen molar-refractivity contribution in [2.75, 3.05) is 19.1 Å². The Balaban J connectivity index is 2.33. The van der Waals surface area contributed by atoms with Crippen molar-refractivity contribution in [2.45, 2.75) is 0 Å². The third-order valence-corrected chi connectivity index (χ3v) is 3.16. The number of halogens is 1. The second-order valence-corrected chi connectivity index (χ2v) is 4.72. The van der Waals surface area contributed by atoms with Crippen molar-refractivity contribution < 1.29 is 9.53 Å². The first-order chi connectivity index (χ1) is 9.13. The Bertz CT molecular complexity index is 602. The molecule has 2 rings (SSSR count). The minimum Gasteiger partial charge on any atom is -0.495 e. The summed E-state index contributed by atoms with van der Waals surface area (Å²) < 4.78 is 5.89. The van der Waals surface area contributed by atoms with Gasteiger partial charge in [0, 0.05) is 18.8 Å². The van der Waals surface area contributed by atoms with E-state index in [0.717, 1.165) is 5.69 Å². The largest absolute Gasteiger partial charge is 0.495 e. The zero-order valence-corrected chi connectivity index (χ0v) is 12.2. The fourth-order valence-electron chi connectivity index (χ4n) is 1.75. The third-order valence-electron chi connectivity index (χ3n) is 2.72. The van der Waals surface area contributed by atoms with Gasteiger partial charge in [-0.3, -0.25) is 4.79 Å². The van der Waals surface area contributed by atoms with E-state index in [1.807, 2.05) is 24.3 Å². The lowest BCUT2D eigenvalue weighted by atomic mass is 10.2. The third kappa shape index (κ3) is 2.93. The van der Waals surface area contributed by atoms with Crippen molar-refractivity contribution in [3.8, 4) is 5.75 Å². The van der Waals surface area contributed by atoms with Crippen LogP contribution >= 0.6 is 15.9 Å². The Kier molecular flexibility index (Phi) is 4.16. The Morgan fingerprint density at radius 2 is 2.05 bits per heavy atom. The van der Waals surface area contributed by atoms with Gasteiger partial charge in [0.25, 0.3) is 5.91 Å². The van der Waals surface area contributed by atoms with Crippen LogP contribution in [0.5, 0.6) is 5.75 Å². The molecular weight excluding hydrogens is 308 g/mol. The lowest BCUT2D eigenvalue weighted by molar-refractivity contribution is 0.0992. The molecule has 0 fully saturated rings. The normalized spacial score (nSPS) is 10.1. The van der Waals surface area contributed by atoms with E-state index in [1.165, 1.54) is 0 Å². The highest BCUT2D eigenvalue weighted by molar-refractivity contribution is 9.10. The first kappa shape index (κ1) is 13.5. The summed E-state index contributed by atoms with van der Waals surface area (Å²) >= 11 is 3.26. The number of hydrogen-bond donors (Lipinski definition) is 0. The highest BCUT2D eigenvalue weighted by Crippen LogP contribution is 2.27. The number of amides is 1. The molecule has 0 bridgehead atoms. The van der Waals surface area contributed by atoms with E-state index in [0.29, 0.717) is 15.9 Å². The molecule has 1 aromatic heterocycles. The van der Waals surface area contributed by atoms with Crippen molar-refractivity contribution in [2.24, 2.45) is 0 Å². The average molecular weight is 321 g/mol. The first-order valence-electron chi connectivity index (χ1n) is 5.66. The summed E-state index contributed by atoms with van der Waals surface area (Å²) in [7, 11) is 3.30. The Labute approximate surface area is 120 Å². The number of ether oxygens (including phenoxy) is 1. The van der Waals surface area contributed by atoms with Crippen LogP contribution in [0, 0.1) is 0 Å². The maximum atomic E-state index is 12.4. The molecule has 19 heavy (non-hydrogen) atoms. The minimum absolute atomic E-state index is 0.118. The lowest BCUT2D eigenvalue weighted by Crippen LogP contribution is -2.26. The quantitative estimate of drug-likeness (QED) is 0.816. The number of carbonyl (C=O) groups excluding carboxylic acids is 1. The van der Waals surface area contributed by atoms with Gasteiger partial charge in [0.1, 0.15) is 10.4 Å². The predicted molar refractivity (Wildman–Crippen MR) is 77.7 cm³/mol. The number of pyridine rings is 1. The van der Waals surface area contributed by atoms with Gasteiger partial charge in [-0.15, -0.1) is 0 Å². The average Bonchev–Trinajstić information content (AvgIpc) is 2.45. The highest BCUT2D eigenvalue weighted by atomic mass is 79.9. The molecule has 5 heteroatoms. The fourth-order valence-corrected chi connectivity index (χ4v) is 2.11. The van der Waals surface area contributed by atoms with Gasteiger partial charge in [-0.2, -0.15) is 0 Å². The summed E-state index contributed by atoms with van der Waals surface area (Å²) in [5.41, 5.74) is 1.29. The molecule has 0 radical (unpaired) electrons. The zero-order valence-electron chi connectivity index (χ0n) is 10.6. The van der Waals surface area contributed by atoms with Gasteiger partial charge in [0.15, 0.2) is 0 Å². The van der Waals surface area contributed by atoms with E-state index < -0.39 is 0 Å². The van der Waals surface area contributed by atoms with Gasteiger partial charge >= 0.3 is 0 Å². The van der Waals surface area contributed by atoms with E-state index in [4.69, 9.17) is 4.74 Å². The van der Waals surface area contributed by atoms with Gasteiger partial charge in [0.05, 0.1) is 12.8 Å². The van der Waals surface area contributed by atoms with E-state index in [1.54, 1.807) is 37.4 Å². The second-order valence-electron chi connectivity index (χ2n) is 3.90. The Morgan fingerprint density at radius 3 is 2.74 bits per heavy atom. The van der Waals surface area contributed by atoms with E-state index in [-0.39, 0.29) is 5.91 Å². The second kappa shape index (κ2) is 5.84. The number of methoxy groups -OCH3 is 1. The molecule has 1 amide bonds. The first-order valence-corrected chi connectivity index (χ1v) is 6.45. The number of nitrogens with zero attached hydrogens (tertiary/aromatic N) is 2. The summed E-state index contributed by atoms with van der Waals surface area (Å²) in [4.78, 5) is 18.0. The van der Waals surface area contributed by atoms with Gasteiger partial charge < -0.3 is 9.64 Å². The van der Waals surface area contributed by atoms with Gasteiger partial charge in [-0.25, -0.2) is 4.98 Å². The standard InChI is InChI=1S/C14H13BrN2O2/c1-17(11-5-3-4-6-12(11)19-2)14(18)10-7-8-16-13(15)9-10/h3-9H,1-2H3. The Hall–Kier alpha value is -1.88. The fraction of sp³-hybridized carbons (Fsp3) is 0.143. The monoisotopic (exact) mass is 320 g/mol. The number of rotatable bonds is 3. The molecule has 0 aliphatic heterocycles. The number of aromatic nitrogens is 1. The maximum Gasteiger partial charge on any atom is 0.258 e. The van der Waals surface area contributed by atoms with E-state index in [2.05, 4.69) is 20.9 Å². The number of para-hydroxylation sites is 2. The van der Waals surface area contributed by atoms with Crippen LogP contribution in [-0.2, 0) is 0 Å². The molecule has 1 heterocycles. The smallest absolute Gasteiger partial charge is 0.258 e. The van der Waals surface area contributed by atoms with Crippen LogP contribution in [0.1, 0.15) is 10.4 Å². The molecule has 0 aliphatic carbocycles. The summed E-state index contributed by atoms with van der Waals surface area (Å²) in [5.74, 6) is 0.541. The van der Waals surface area contributed by atoms with Crippen LogP contribution in [-0.4, -0.2) is 25.0 Å². The number of carbonyl (C=O) groups is 1. The molecule has 0 spiro atoms. The summed E-state index contributed by atoms with van der Waals surface area (Å²) in [6.07, 6.45) is 1.59. The summed E-state index contributed by atoms with van der Waals surface area (Å²) in [6.45, 7) is 0. The van der Waals surface area contributed by atoms with E-state index in [9.17, 15) is 4.79 Å². The van der Waals surface area contributed by atoms with E-state index >= 15 is 0 Å². The van der Waals surface area contributed by atoms with Crippen LogP contribution < -0.4 is 9.64 Å². The summed E-state index contributed by atoms with van der Waals surface area (Å²) in [6, 6.07) is 10.8. The molecular formula is C14H13BrN2O2. The maximum absolute atomic E-state index is 12.4. The number of benzene rings is 1. The molecule has 2 aromatic rings. The van der Waals surface area contributed by atoms with Crippen molar-refractivity contribution in [1.29, 1.82) is 0 Å². The zero-order chi connectivity index (χ0) is 13.8. The molecule has 0 aliphatic rings. The molecule has 0 N–H and O–H groups in total. The van der Waals surface area contributed by atoms with Crippen molar-refractivity contribution >= 4 is 27.5 Å². The number of hydrogen-bond acceptors (Lipinski definition) is 3. The molecule has 0 saturated carbocycles. The predicted octanol–water partition coefficient (Wildman–Crippen LogP) is 3.13. The van der Waals surface area contributed by atoms with Crippen LogP contribution in [0.15, 0.2) is 47.2 Å². The Morgan fingerprint density at radius 1 is 1.32 bits per heavy atom. The van der Waals surface area contributed by atoms with Crippen LogP contribution in [0.3, 0.4) is 0 Å². The summed E-state index contributed by atoms with van der Waals surface area (Å²) in [5, 5.41) is 0. The van der Waals surface area contributed by atoms with Gasteiger partial charge in [-0.05, 0) is 40.2 Å². The van der Waals surface area contributed by atoms with Crippen molar-refractivity contribution in [3.05, 3.63) is 52.8 Å². The minimum atomic E-state index is -0.118. The molecule has 0 atom stereocenters. The van der Waals surface area contributed by atoms with Gasteiger partial charge in [-0.1, -0.05) is 12.1 Å².